The predicted molar refractivity (Wildman–Crippen MR) is 110 cm³/mol. The molecule has 2 rings (SSSR count). The van der Waals surface area contributed by atoms with Gasteiger partial charge in [0.1, 0.15) is 17.2 Å². The van der Waals surface area contributed by atoms with Gasteiger partial charge in [-0.25, -0.2) is 4.98 Å². The lowest BCUT2D eigenvalue weighted by Gasteiger charge is -2.13. The Morgan fingerprint density at radius 3 is 2.61 bits per heavy atom. The van der Waals surface area contributed by atoms with Crippen LogP contribution in [-0.4, -0.2) is 43.0 Å². The summed E-state index contributed by atoms with van der Waals surface area (Å²) in [5, 5.41) is 10.9. The van der Waals surface area contributed by atoms with Gasteiger partial charge in [0.25, 0.3) is 0 Å². The highest BCUT2D eigenvalue weighted by molar-refractivity contribution is 5.91. The number of nitrogens with two attached hydrogens (primary N) is 2. The van der Waals surface area contributed by atoms with Crippen LogP contribution in [0.15, 0.2) is 59.0 Å². The fourth-order valence-electron chi connectivity index (χ4n) is 2.10. The maximum Gasteiger partial charge on any atom is 0.239 e. The molecule has 148 valence electrons. The zero-order chi connectivity index (χ0) is 20.5. The maximum atomic E-state index is 11.3. The third-order valence-electron chi connectivity index (χ3n) is 3.58. The van der Waals surface area contributed by atoms with Crippen molar-refractivity contribution in [1.82, 2.24) is 9.88 Å². The van der Waals surface area contributed by atoms with Gasteiger partial charge in [-0.1, -0.05) is 18.7 Å². The lowest BCUT2D eigenvalue weighted by molar-refractivity contribution is -0.114. The smallest absolute Gasteiger partial charge is 0.239 e. The largest absolute Gasteiger partial charge is 0.460 e. The zero-order valence-electron chi connectivity index (χ0n) is 16.1. The van der Waals surface area contributed by atoms with E-state index in [4.69, 9.17) is 16.2 Å². The summed E-state index contributed by atoms with van der Waals surface area (Å²) >= 11 is 0. The summed E-state index contributed by atoms with van der Waals surface area (Å²) in [4.78, 5) is 17.4. The van der Waals surface area contributed by atoms with Crippen LogP contribution in [0.5, 0.6) is 5.75 Å². The number of nitrogen functional groups attached to an aromatic ring is 1. The van der Waals surface area contributed by atoms with E-state index >= 15 is 0 Å². The normalized spacial score (nSPS) is 11.0. The summed E-state index contributed by atoms with van der Waals surface area (Å²) in [5.41, 5.74) is 12.1. The molecule has 1 amide bonds. The second-order valence-electron chi connectivity index (χ2n) is 6.21. The predicted octanol–water partition coefficient (Wildman–Crippen LogP) is 2.82. The topological polar surface area (TPSA) is 131 Å². The molecular formula is C19H25N7O2. The summed E-state index contributed by atoms with van der Waals surface area (Å²) in [7, 11) is 3.97. The molecule has 0 saturated carbocycles. The Morgan fingerprint density at radius 1 is 1.21 bits per heavy atom. The molecule has 2 aromatic rings. The van der Waals surface area contributed by atoms with Gasteiger partial charge in [0.2, 0.25) is 5.91 Å². The fraction of sp³-hybridized carbons (Fsp3) is 0.263. The van der Waals surface area contributed by atoms with E-state index in [0.717, 1.165) is 6.54 Å². The van der Waals surface area contributed by atoms with Crippen LogP contribution < -0.4 is 21.5 Å². The first-order valence-corrected chi connectivity index (χ1v) is 8.66. The van der Waals surface area contributed by atoms with Gasteiger partial charge in [0, 0.05) is 13.0 Å². The third kappa shape index (κ3) is 6.45. The summed E-state index contributed by atoms with van der Waals surface area (Å²) in [6.07, 6.45) is 0.700. The summed E-state index contributed by atoms with van der Waals surface area (Å²) in [5.74, 6) is 1.26. The maximum absolute atomic E-state index is 11.3. The highest BCUT2D eigenvalue weighted by atomic mass is 16.5. The van der Waals surface area contributed by atoms with E-state index in [1.165, 1.54) is 0 Å². The summed E-state index contributed by atoms with van der Waals surface area (Å²) < 4.78 is 5.81. The molecule has 0 saturated heterocycles. The van der Waals surface area contributed by atoms with E-state index in [9.17, 15) is 4.79 Å². The molecule has 0 aliphatic heterocycles. The number of para-hydroxylation sites is 1. The number of hydrogen-bond acceptors (Lipinski definition) is 8. The first-order chi connectivity index (χ1) is 13.4. The van der Waals surface area contributed by atoms with Gasteiger partial charge in [-0.15, -0.1) is 10.2 Å². The number of pyridine rings is 1. The fourth-order valence-corrected chi connectivity index (χ4v) is 2.10. The van der Waals surface area contributed by atoms with Crippen LogP contribution >= 0.6 is 0 Å². The molecule has 0 fully saturated rings. The monoisotopic (exact) mass is 383 g/mol. The summed E-state index contributed by atoms with van der Waals surface area (Å²) in [6, 6.07) is 10.4. The molecule has 0 unspecified atom stereocenters. The van der Waals surface area contributed by atoms with Crippen LogP contribution in [-0.2, 0) is 4.79 Å². The molecule has 5 N–H and O–H groups in total. The molecule has 0 aliphatic carbocycles. The van der Waals surface area contributed by atoms with E-state index in [1.54, 1.807) is 24.3 Å². The number of nitrogens with zero attached hydrogens (tertiary/aromatic N) is 4. The van der Waals surface area contributed by atoms with Crippen molar-refractivity contribution >= 4 is 28.9 Å². The van der Waals surface area contributed by atoms with Gasteiger partial charge >= 0.3 is 0 Å². The minimum Gasteiger partial charge on any atom is -0.460 e. The molecule has 0 spiro atoms. The van der Waals surface area contributed by atoms with E-state index in [2.05, 4.69) is 32.0 Å². The van der Waals surface area contributed by atoms with Crippen LogP contribution in [0.4, 0.5) is 23.0 Å². The minimum absolute atomic E-state index is 0.132. The SMILES string of the molecule is C=C(CCN(C)C)Oc1ccccc1/N=N/c1ccc(NC(=O)CN)nc1N. The molecule has 1 aromatic carbocycles. The molecule has 0 radical (unpaired) electrons. The van der Waals surface area contributed by atoms with Crippen molar-refractivity contribution in [3.8, 4) is 5.75 Å². The average Bonchev–Trinajstić information content (AvgIpc) is 2.66. The van der Waals surface area contributed by atoms with E-state index in [0.29, 0.717) is 35.1 Å². The molecule has 9 nitrogen and oxygen atoms in total. The molecule has 0 bridgehead atoms. The Balaban J connectivity index is 2.12. The number of ether oxygens (including phenoxy) is 1. The van der Waals surface area contributed by atoms with Gasteiger partial charge in [0.05, 0.1) is 12.3 Å². The number of amides is 1. The highest BCUT2D eigenvalue weighted by Crippen LogP contribution is 2.31. The number of azo groups is 1. The number of benzene rings is 1. The van der Waals surface area contributed by atoms with Crippen molar-refractivity contribution in [2.24, 2.45) is 16.0 Å². The zero-order valence-corrected chi connectivity index (χ0v) is 16.1. The number of anilines is 2. The molecule has 1 heterocycles. The first-order valence-electron chi connectivity index (χ1n) is 8.66. The molecule has 0 aliphatic rings. The molecule has 0 atom stereocenters. The second kappa shape index (κ2) is 10.1. The van der Waals surface area contributed by atoms with Crippen LogP contribution in [0.3, 0.4) is 0 Å². The quantitative estimate of drug-likeness (QED) is 0.451. The van der Waals surface area contributed by atoms with Crippen LogP contribution in [0.2, 0.25) is 0 Å². The van der Waals surface area contributed by atoms with Crippen molar-refractivity contribution < 1.29 is 9.53 Å². The number of nitrogens with one attached hydrogen (secondary N) is 1. The van der Waals surface area contributed by atoms with Gasteiger partial charge in [-0.05, 0) is 38.4 Å². The Bertz CT molecular complexity index is 865. The van der Waals surface area contributed by atoms with Crippen molar-refractivity contribution in [3.63, 3.8) is 0 Å². The number of carbonyl (C=O) groups is 1. The van der Waals surface area contributed by atoms with Gasteiger partial charge in [-0.2, -0.15) is 0 Å². The second-order valence-corrected chi connectivity index (χ2v) is 6.21. The standard InChI is InChI=1S/C19H25N7O2/c1-13(10-11-26(2)3)28-16-7-5-4-6-14(16)24-25-15-8-9-17(23-19(15)21)22-18(27)12-20/h4-9H,1,10-12,20H2,2-3H3,(H3,21,22,23,27)/b25-24+. The van der Waals surface area contributed by atoms with Crippen LogP contribution in [0.25, 0.3) is 0 Å². The summed E-state index contributed by atoms with van der Waals surface area (Å²) in [6.45, 7) is 4.63. The molecule has 9 heteroatoms. The van der Waals surface area contributed by atoms with Crippen LogP contribution in [0.1, 0.15) is 6.42 Å². The highest BCUT2D eigenvalue weighted by Gasteiger charge is 2.07. The number of carbonyl (C=O) groups excluding carboxylic acids is 1. The first kappa shape index (κ1) is 21.0. The van der Waals surface area contributed by atoms with Crippen molar-refractivity contribution in [3.05, 3.63) is 48.7 Å². The Morgan fingerprint density at radius 2 is 1.93 bits per heavy atom. The lowest BCUT2D eigenvalue weighted by atomic mass is 10.3. The molecule has 1 aromatic heterocycles. The van der Waals surface area contributed by atoms with Crippen molar-refractivity contribution in [2.45, 2.75) is 6.42 Å². The van der Waals surface area contributed by atoms with Gasteiger partial charge in [0.15, 0.2) is 11.6 Å². The Hall–Kier alpha value is -3.30. The Kier molecular flexibility index (Phi) is 7.61. The third-order valence-corrected chi connectivity index (χ3v) is 3.58. The number of aromatic nitrogens is 1. The van der Waals surface area contributed by atoms with Crippen molar-refractivity contribution in [2.75, 3.05) is 38.2 Å². The number of rotatable bonds is 9. The van der Waals surface area contributed by atoms with Gasteiger partial charge < -0.3 is 26.4 Å². The molecular weight excluding hydrogens is 358 g/mol. The van der Waals surface area contributed by atoms with E-state index in [1.807, 2.05) is 26.2 Å². The van der Waals surface area contributed by atoms with Crippen molar-refractivity contribution in [1.29, 1.82) is 0 Å². The minimum atomic E-state index is -0.359. The van der Waals surface area contributed by atoms with E-state index in [-0.39, 0.29) is 18.3 Å². The molecule has 28 heavy (non-hydrogen) atoms. The Labute approximate surface area is 164 Å². The van der Waals surface area contributed by atoms with Gasteiger partial charge in [-0.3, -0.25) is 4.79 Å². The van der Waals surface area contributed by atoms with Crippen LogP contribution in [0, 0.1) is 0 Å². The van der Waals surface area contributed by atoms with E-state index < -0.39 is 0 Å². The number of hydrogen-bond donors (Lipinski definition) is 3. The lowest BCUT2D eigenvalue weighted by Crippen LogP contribution is -2.22. The average molecular weight is 383 g/mol.